The van der Waals surface area contributed by atoms with E-state index in [1.165, 1.54) is 0 Å². The highest BCUT2D eigenvalue weighted by atomic mass is 35.5. The van der Waals surface area contributed by atoms with Gasteiger partial charge in [0.15, 0.2) is 4.63 Å². The molecule has 0 spiro atoms. The van der Waals surface area contributed by atoms with Crippen molar-refractivity contribution in [2.24, 2.45) is 4.99 Å². The smallest absolute Gasteiger partial charge is 0.192 e. The Hall–Kier alpha value is 0.210. The summed E-state index contributed by atoms with van der Waals surface area (Å²) in [5.41, 5.74) is 0. The second kappa shape index (κ2) is 5.35. The topological polar surface area (TPSA) is 21.6 Å². The lowest BCUT2D eigenvalue weighted by molar-refractivity contribution is 0.208. The van der Waals surface area contributed by atoms with Crippen LogP contribution in [-0.4, -0.2) is 24.9 Å². The molecule has 0 saturated heterocycles. The van der Waals surface area contributed by atoms with Crippen LogP contribution >= 0.6 is 23.2 Å². The summed E-state index contributed by atoms with van der Waals surface area (Å²) < 4.78 is 4.73. The van der Waals surface area contributed by atoms with Crippen molar-refractivity contribution in [3.63, 3.8) is 0 Å². The summed E-state index contributed by atoms with van der Waals surface area (Å²) in [6.07, 6.45) is 0. The Kier molecular flexibility index (Phi) is 5.49. The fourth-order valence-corrected chi connectivity index (χ4v) is 0.390. The van der Waals surface area contributed by atoms with E-state index in [0.717, 1.165) is 0 Å². The molecule has 4 heteroatoms. The highest BCUT2D eigenvalue weighted by Gasteiger charge is 1.82. The maximum atomic E-state index is 5.17. The van der Waals surface area contributed by atoms with E-state index < -0.39 is 0 Å². The molecular weight excluding hydrogens is 149 g/mol. The Balaban J connectivity index is 3.03. The first-order valence-electron chi connectivity index (χ1n) is 2.11. The van der Waals surface area contributed by atoms with Crippen LogP contribution in [0.4, 0.5) is 0 Å². The van der Waals surface area contributed by atoms with Gasteiger partial charge in [0, 0.05) is 7.11 Å². The van der Waals surface area contributed by atoms with Gasteiger partial charge in [0.25, 0.3) is 0 Å². The lowest BCUT2D eigenvalue weighted by Gasteiger charge is -1.89. The monoisotopic (exact) mass is 155 g/mol. The van der Waals surface area contributed by atoms with Gasteiger partial charge in [-0.2, -0.15) is 0 Å². The number of rotatable bonds is 3. The molecule has 0 aromatic carbocycles. The number of methoxy groups -OCH3 is 1. The standard InChI is InChI=1S/C4H7Cl2NO/c1-8-3-2-7-4(5)6/h2-3H2,1H3. The van der Waals surface area contributed by atoms with Crippen LogP contribution in [0.5, 0.6) is 0 Å². The van der Waals surface area contributed by atoms with Crippen LogP contribution in [0.25, 0.3) is 0 Å². The number of nitrogens with zero attached hydrogens (tertiary/aromatic N) is 1. The van der Waals surface area contributed by atoms with E-state index in [2.05, 4.69) is 9.73 Å². The molecule has 0 amide bonds. The summed E-state index contributed by atoms with van der Waals surface area (Å²) in [5.74, 6) is 0. The lowest BCUT2D eigenvalue weighted by atomic mass is 10.7. The van der Waals surface area contributed by atoms with Gasteiger partial charge in [-0.3, -0.25) is 4.99 Å². The van der Waals surface area contributed by atoms with Crippen LogP contribution in [0.1, 0.15) is 0 Å². The number of aliphatic imine (C=N–C) groups is 1. The molecule has 0 aromatic heterocycles. The first-order chi connectivity index (χ1) is 3.77. The zero-order chi connectivity index (χ0) is 6.41. The largest absolute Gasteiger partial charge is 0.383 e. The van der Waals surface area contributed by atoms with Crippen molar-refractivity contribution < 1.29 is 4.74 Å². The van der Waals surface area contributed by atoms with Gasteiger partial charge in [-0.25, -0.2) is 0 Å². The quantitative estimate of drug-likeness (QED) is 0.447. The van der Waals surface area contributed by atoms with Gasteiger partial charge in [0.05, 0.1) is 13.2 Å². The third-order valence-electron chi connectivity index (χ3n) is 0.527. The molecular formula is C4H7Cl2NO. The molecule has 0 aromatic rings. The molecule has 0 unspecified atom stereocenters. The molecule has 0 aliphatic heterocycles. The van der Waals surface area contributed by atoms with E-state index in [9.17, 15) is 0 Å². The van der Waals surface area contributed by atoms with Gasteiger partial charge in [-0.05, 0) is 23.2 Å². The van der Waals surface area contributed by atoms with Gasteiger partial charge >= 0.3 is 0 Å². The predicted molar refractivity (Wildman–Crippen MR) is 35.9 cm³/mol. The Morgan fingerprint density at radius 1 is 1.62 bits per heavy atom. The van der Waals surface area contributed by atoms with Gasteiger partial charge in [-0.1, -0.05) is 0 Å². The summed E-state index contributed by atoms with van der Waals surface area (Å²) in [5, 5.41) is 0. The van der Waals surface area contributed by atoms with Crippen LogP contribution < -0.4 is 0 Å². The zero-order valence-electron chi connectivity index (χ0n) is 4.53. The molecule has 0 atom stereocenters. The van der Waals surface area contributed by atoms with Crippen LogP contribution in [0, 0.1) is 0 Å². The van der Waals surface area contributed by atoms with E-state index in [0.29, 0.717) is 13.2 Å². The minimum atomic E-state index is 0.0575. The van der Waals surface area contributed by atoms with Crippen molar-refractivity contribution in [3.05, 3.63) is 0 Å². The molecule has 8 heavy (non-hydrogen) atoms. The zero-order valence-corrected chi connectivity index (χ0v) is 6.04. The first-order valence-corrected chi connectivity index (χ1v) is 2.87. The average molecular weight is 156 g/mol. The van der Waals surface area contributed by atoms with E-state index >= 15 is 0 Å². The van der Waals surface area contributed by atoms with E-state index in [4.69, 9.17) is 23.2 Å². The molecule has 0 N–H and O–H groups in total. The first kappa shape index (κ1) is 8.21. The summed E-state index contributed by atoms with van der Waals surface area (Å²) in [4.78, 5) is 3.64. The normalized spacial score (nSPS) is 8.88. The SMILES string of the molecule is COCCN=C(Cl)Cl. The fourth-order valence-electron chi connectivity index (χ4n) is 0.221. The summed E-state index contributed by atoms with van der Waals surface area (Å²) in [6.45, 7) is 1.09. The Morgan fingerprint density at radius 3 is 2.62 bits per heavy atom. The third-order valence-corrected chi connectivity index (χ3v) is 0.766. The maximum absolute atomic E-state index is 5.17. The highest BCUT2D eigenvalue weighted by molar-refractivity contribution is 6.95. The minimum Gasteiger partial charge on any atom is -0.383 e. The van der Waals surface area contributed by atoms with Crippen molar-refractivity contribution >= 4 is 27.8 Å². The molecule has 0 aliphatic carbocycles. The number of hydrogen-bond acceptors (Lipinski definition) is 2. The van der Waals surface area contributed by atoms with Crippen LogP contribution in [0.15, 0.2) is 4.99 Å². The van der Waals surface area contributed by atoms with E-state index in [1.54, 1.807) is 7.11 Å². The Morgan fingerprint density at radius 2 is 2.25 bits per heavy atom. The molecule has 0 bridgehead atoms. The Labute approximate surface area is 58.4 Å². The van der Waals surface area contributed by atoms with Crippen molar-refractivity contribution in [2.45, 2.75) is 0 Å². The number of hydrogen-bond donors (Lipinski definition) is 0. The van der Waals surface area contributed by atoms with Crippen LogP contribution in [0.3, 0.4) is 0 Å². The average Bonchev–Trinajstić information content (AvgIpc) is 1.66. The lowest BCUT2D eigenvalue weighted by Crippen LogP contribution is -1.92. The van der Waals surface area contributed by atoms with Crippen molar-refractivity contribution in [2.75, 3.05) is 20.3 Å². The van der Waals surface area contributed by atoms with Gasteiger partial charge in [-0.15, -0.1) is 0 Å². The predicted octanol–water partition coefficient (Wildman–Crippen LogP) is 1.47. The fraction of sp³-hybridized carbons (Fsp3) is 0.750. The second-order valence-electron chi connectivity index (χ2n) is 1.11. The molecule has 0 aliphatic rings. The number of ether oxygens (including phenoxy) is 1. The molecule has 0 radical (unpaired) electrons. The summed E-state index contributed by atoms with van der Waals surface area (Å²) >= 11 is 10.3. The minimum absolute atomic E-state index is 0.0575. The van der Waals surface area contributed by atoms with E-state index in [-0.39, 0.29) is 4.63 Å². The maximum Gasteiger partial charge on any atom is 0.192 e. The van der Waals surface area contributed by atoms with Gasteiger partial charge in [0.1, 0.15) is 0 Å². The molecule has 0 rings (SSSR count). The molecule has 0 heterocycles. The van der Waals surface area contributed by atoms with Crippen molar-refractivity contribution in [3.8, 4) is 0 Å². The Bertz CT molecular complexity index is 80.1. The number of halogens is 2. The second-order valence-corrected chi connectivity index (χ2v) is 2.02. The van der Waals surface area contributed by atoms with Crippen molar-refractivity contribution in [1.29, 1.82) is 0 Å². The molecule has 0 saturated carbocycles. The summed E-state index contributed by atoms with van der Waals surface area (Å²) in [6, 6.07) is 0. The van der Waals surface area contributed by atoms with Gasteiger partial charge < -0.3 is 4.74 Å². The van der Waals surface area contributed by atoms with Crippen molar-refractivity contribution in [1.82, 2.24) is 0 Å². The summed E-state index contributed by atoms with van der Waals surface area (Å²) in [7, 11) is 1.59. The van der Waals surface area contributed by atoms with Crippen LogP contribution in [0.2, 0.25) is 0 Å². The van der Waals surface area contributed by atoms with Crippen LogP contribution in [-0.2, 0) is 4.74 Å². The van der Waals surface area contributed by atoms with Gasteiger partial charge in [0.2, 0.25) is 0 Å². The van der Waals surface area contributed by atoms with E-state index in [1.807, 2.05) is 0 Å². The third kappa shape index (κ3) is 6.21. The molecule has 2 nitrogen and oxygen atoms in total. The molecule has 0 fully saturated rings. The molecule has 48 valence electrons. The highest BCUT2D eigenvalue weighted by Crippen LogP contribution is 1.89.